The van der Waals surface area contributed by atoms with E-state index in [9.17, 15) is 9.59 Å². The van der Waals surface area contributed by atoms with Gasteiger partial charge in [0.25, 0.3) is 11.8 Å². The lowest BCUT2D eigenvalue weighted by atomic mass is 10.2. The molecule has 0 aromatic heterocycles. The molecule has 5 nitrogen and oxygen atoms in total. The zero-order valence-electron chi connectivity index (χ0n) is 17.8. The third-order valence-electron chi connectivity index (χ3n) is 4.87. The number of rotatable bonds is 6. The highest BCUT2D eigenvalue weighted by Crippen LogP contribution is 2.31. The molecule has 0 unspecified atom stereocenters. The van der Waals surface area contributed by atoms with Crippen LogP contribution in [0.3, 0.4) is 0 Å². The van der Waals surface area contributed by atoms with Crippen LogP contribution in [0.5, 0.6) is 11.5 Å². The molecule has 0 saturated carbocycles. The number of hydrogen-bond donors (Lipinski definition) is 2. The first-order valence-electron chi connectivity index (χ1n) is 10.2. The minimum atomic E-state index is -0.337. The molecule has 0 aliphatic rings. The Hall–Kier alpha value is -3.22. The number of carbonyl (C=O) groups is 2. The van der Waals surface area contributed by atoms with Crippen LogP contribution in [0.4, 0.5) is 11.4 Å². The SMILES string of the molecule is O=C(Nc1cccc(Cl)c1Cl)c1ccc(Oc2ccc(C(=O)Nc3cccc(Cl)c3Cl)cc2)cc1. The van der Waals surface area contributed by atoms with E-state index in [1.54, 1.807) is 84.9 Å². The molecule has 0 radical (unpaired) electrons. The summed E-state index contributed by atoms with van der Waals surface area (Å²) < 4.78 is 5.81. The summed E-state index contributed by atoms with van der Waals surface area (Å²) in [5.41, 5.74) is 1.68. The molecule has 2 N–H and O–H groups in total. The second-order valence-electron chi connectivity index (χ2n) is 7.26. The molecular weight excluding hydrogens is 530 g/mol. The van der Waals surface area contributed by atoms with Gasteiger partial charge in [-0.15, -0.1) is 0 Å². The monoisotopic (exact) mass is 544 g/mol. The van der Waals surface area contributed by atoms with Crippen LogP contribution in [-0.4, -0.2) is 11.8 Å². The van der Waals surface area contributed by atoms with Crippen molar-refractivity contribution in [2.75, 3.05) is 10.6 Å². The topological polar surface area (TPSA) is 67.4 Å². The molecule has 0 bridgehead atoms. The van der Waals surface area contributed by atoms with Gasteiger partial charge >= 0.3 is 0 Å². The second kappa shape index (κ2) is 11.0. The Kier molecular flexibility index (Phi) is 7.83. The van der Waals surface area contributed by atoms with Gasteiger partial charge in [-0.05, 0) is 72.8 Å². The standard InChI is InChI=1S/C26H16Cl4N2O3/c27-19-3-1-5-21(23(19)29)31-25(33)15-7-11-17(12-8-15)35-18-13-9-16(10-14-18)26(34)32-22-6-2-4-20(28)24(22)30/h1-14H,(H,31,33)(H,32,34). The van der Waals surface area contributed by atoms with Crippen LogP contribution in [-0.2, 0) is 0 Å². The fourth-order valence-corrected chi connectivity index (χ4v) is 3.77. The molecule has 0 spiro atoms. The summed E-state index contributed by atoms with van der Waals surface area (Å²) in [6.45, 7) is 0. The number of ether oxygens (including phenoxy) is 1. The van der Waals surface area contributed by atoms with Gasteiger partial charge in [0.15, 0.2) is 0 Å². The smallest absolute Gasteiger partial charge is 0.255 e. The summed E-state index contributed by atoms with van der Waals surface area (Å²) >= 11 is 24.2. The first kappa shape index (κ1) is 24.9. The molecule has 4 rings (SSSR count). The van der Waals surface area contributed by atoms with Crippen molar-refractivity contribution in [3.8, 4) is 11.5 Å². The van der Waals surface area contributed by atoms with Crippen LogP contribution in [0, 0.1) is 0 Å². The second-order valence-corrected chi connectivity index (χ2v) is 8.83. The maximum atomic E-state index is 12.5. The highest BCUT2D eigenvalue weighted by Gasteiger charge is 2.12. The number of carbonyl (C=O) groups excluding carboxylic acids is 2. The fraction of sp³-hybridized carbons (Fsp3) is 0. The van der Waals surface area contributed by atoms with Gasteiger partial charge in [0.1, 0.15) is 11.5 Å². The molecule has 0 fully saturated rings. The third kappa shape index (κ3) is 6.08. The lowest BCUT2D eigenvalue weighted by Gasteiger charge is -2.10. The molecule has 0 aliphatic heterocycles. The molecule has 4 aromatic carbocycles. The molecule has 35 heavy (non-hydrogen) atoms. The summed E-state index contributed by atoms with van der Waals surface area (Å²) in [6, 6.07) is 23.1. The predicted molar refractivity (Wildman–Crippen MR) is 142 cm³/mol. The summed E-state index contributed by atoms with van der Waals surface area (Å²) in [5.74, 6) is 0.363. The largest absolute Gasteiger partial charge is 0.457 e. The first-order valence-corrected chi connectivity index (χ1v) is 11.7. The number of anilines is 2. The lowest BCUT2D eigenvalue weighted by Crippen LogP contribution is -2.12. The molecule has 0 saturated heterocycles. The maximum Gasteiger partial charge on any atom is 0.255 e. The summed E-state index contributed by atoms with van der Waals surface area (Å²) in [7, 11) is 0. The van der Waals surface area contributed by atoms with Crippen LogP contribution >= 0.6 is 46.4 Å². The Morgan fingerprint density at radius 1 is 0.543 bits per heavy atom. The Labute approximate surface area is 221 Å². The van der Waals surface area contributed by atoms with Crippen molar-refractivity contribution in [2.45, 2.75) is 0 Å². The molecule has 0 aliphatic carbocycles. The van der Waals surface area contributed by atoms with E-state index in [1.807, 2.05) is 0 Å². The molecule has 4 aromatic rings. The Morgan fingerprint density at radius 3 is 1.29 bits per heavy atom. The number of amides is 2. The van der Waals surface area contributed by atoms with E-state index in [1.165, 1.54) is 0 Å². The number of benzene rings is 4. The number of hydrogen-bond acceptors (Lipinski definition) is 3. The van der Waals surface area contributed by atoms with Crippen LogP contribution in [0.25, 0.3) is 0 Å². The minimum absolute atomic E-state index is 0.273. The molecule has 0 atom stereocenters. The van der Waals surface area contributed by atoms with E-state index >= 15 is 0 Å². The highest BCUT2D eigenvalue weighted by atomic mass is 35.5. The average Bonchev–Trinajstić information content (AvgIpc) is 2.85. The predicted octanol–water partition coefficient (Wildman–Crippen LogP) is 8.60. The summed E-state index contributed by atoms with van der Waals surface area (Å²) in [5, 5.41) is 6.71. The van der Waals surface area contributed by atoms with Crippen LogP contribution in [0.1, 0.15) is 20.7 Å². The zero-order chi connectivity index (χ0) is 24.9. The third-order valence-corrected chi connectivity index (χ3v) is 6.51. The van der Waals surface area contributed by atoms with Gasteiger partial charge < -0.3 is 15.4 Å². The average molecular weight is 546 g/mol. The first-order chi connectivity index (χ1) is 16.8. The van der Waals surface area contributed by atoms with Crippen molar-refractivity contribution < 1.29 is 14.3 Å². The van der Waals surface area contributed by atoms with Gasteiger partial charge in [0, 0.05) is 11.1 Å². The fourth-order valence-electron chi connectivity index (χ4n) is 3.07. The molecule has 2 amide bonds. The molecule has 176 valence electrons. The van der Waals surface area contributed by atoms with Crippen molar-refractivity contribution >= 4 is 69.6 Å². The van der Waals surface area contributed by atoms with Gasteiger partial charge in [-0.2, -0.15) is 0 Å². The minimum Gasteiger partial charge on any atom is -0.457 e. The van der Waals surface area contributed by atoms with E-state index in [-0.39, 0.29) is 21.9 Å². The quantitative estimate of drug-likeness (QED) is 0.255. The van der Waals surface area contributed by atoms with E-state index in [2.05, 4.69) is 10.6 Å². The number of nitrogens with one attached hydrogen (secondary N) is 2. The summed E-state index contributed by atoms with van der Waals surface area (Å²) in [4.78, 5) is 25.0. The Bertz CT molecular complexity index is 1280. The van der Waals surface area contributed by atoms with Crippen molar-refractivity contribution in [3.05, 3.63) is 116 Å². The van der Waals surface area contributed by atoms with E-state index in [0.29, 0.717) is 44.0 Å². The maximum absolute atomic E-state index is 12.5. The zero-order valence-corrected chi connectivity index (χ0v) is 20.8. The summed E-state index contributed by atoms with van der Waals surface area (Å²) in [6.07, 6.45) is 0. The molecule has 0 heterocycles. The Morgan fingerprint density at radius 2 is 0.914 bits per heavy atom. The van der Waals surface area contributed by atoms with E-state index in [4.69, 9.17) is 51.1 Å². The van der Waals surface area contributed by atoms with Gasteiger partial charge in [-0.25, -0.2) is 0 Å². The van der Waals surface area contributed by atoms with Crippen LogP contribution in [0.2, 0.25) is 20.1 Å². The van der Waals surface area contributed by atoms with Gasteiger partial charge in [-0.1, -0.05) is 58.5 Å². The van der Waals surface area contributed by atoms with Crippen LogP contribution in [0.15, 0.2) is 84.9 Å². The van der Waals surface area contributed by atoms with Crippen molar-refractivity contribution in [1.29, 1.82) is 0 Å². The number of halogens is 4. The highest BCUT2D eigenvalue weighted by molar-refractivity contribution is 6.44. The van der Waals surface area contributed by atoms with E-state index in [0.717, 1.165) is 0 Å². The van der Waals surface area contributed by atoms with Gasteiger partial charge in [-0.3, -0.25) is 9.59 Å². The van der Waals surface area contributed by atoms with Gasteiger partial charge in [0.2, 0.25) is 0 Å². The van der Waals surface area contributed by atoms with Crippen molar-refractivity contribution in [3.63, 3.8) is 0 Å². The molecule has 9 heteroatoms. The lowest BCUT2D eigenvalue weighted by molar-refractivity contribution is 0.101. The van der Waals surface area contributed by atoms with Crippen LogP contribution < -0.4 is 15.4 Å². The van der Waals surface area contributed by atoms with Crippen molar-refractivity contribution in [1.82, 2.24) is 0 Å². The van der Waals surface area contributed by atoms with Crippen molar-refractivity contribution in [2.24, 2.45) is 0 Å². The normalized spacial score (nSPS) is 10.5. The van der Waals surface area contributed by atoms with Gasteiger partial charge in [0.05, 0.1) is 31.5 Å². The van der Waals surface area contributed by atoms with E-state index < -0.39 is 0 Å². The Balaban J connectivity index is 1.38. The molecular formula is C26H16Cl4N2O3.